The molecule has 5 aromatic rings. The van der Waals surface area contributed by atoms with Crippen molar-refractivity contribution in [1.29, 1.82) is 0 Å². The van der Waals surface area contributed by atoms with Crippen LogP contribution < -0.4 is 11.2 Å². The maximum Gasteiger partial charge on any atom is 0.283 e. The lowest BCUT2D eigenvalue weighted by atomic mass is 9.96. The highest BCUT2D eigenvalue weighted by molar-refractivity contribution is 7.21. The van der Waals surface area contributed by atoms with Crippen LogP contribution in [0.3, 0.4) is 0 Å². The quantitative estimate of drug-likeness (QED) is 0.296. The molecule has 3 N–H and O–H groups in total. The van der Waals surface area contributed by atoms with E-state index in [1.54, 1.807) is 18.5 Å². The zero-order valence-electron chi connectivity index (χ0n) is 17.3. The molecular weight excluding hydrogens is 432 g/mol. The zero-order chi connectivity index (χ0) is 22.6. The molecule has 0 aliphatic rings. The first-order valence-corrected chi connectivity index (χ1v) is 11.0. The first-order chi connectivity index (χ1) is 16.2. The molecule has 0 bridgehead atoms. The minimum absolute atomic E-state index is 0.338. The van der Waals surface area contributed by atoms with Crippen molar-refractivity contribution in [3.63, 3.8) is 0 Å². The van der Waals surface area contributed by atoms with Gasteiger partial charge in [0.25, 0.3) is 5.91 Å². The fraction of sp³-hybridized carbons (Fsp3) is 0. The maximum atomic E-state index is 12.9. The van der Waals surface area contributed by atoms with Gasteiger partial charge in [0, 0.05) is 34.5 Å². The Morgan fingerprint density at radius 2 is 1.67 bits per heavy atom. The number of hydrazone groups is 1. The second kappa shape index (κ2) is 8.97. The van der Waals surface area contributed by atoms with Crippen LogP contribution >= 0.6 is 11.3 Å². The van der Waals surface area contributed by atoms with E-state index in [1.165, 1.54) is 17.6 Å². The highest BCUT2D eigenvalue weighted by Crippen LogP contribution is 2.42. The summed E-state index contributed by atoms with van der Waals surface area (Å²) >= 11 is 1.19. The van der Waals surface area contributed by atoms with Crippen molar-refractivity contribution in [1.82, 2.24) is 20.6 Å². The number of hydrogen-bond donors (Lipinski definition) is 2. The summed E-state index contributed by atoms with van der Waals surface area (Å²) in [5.74, 6) is -0.407. The van der Waals surface area contributed by atoms with E-state index in [-0.39, 0.29) is 0 Å². The van der Waals surface area contributed by atoms with E-state index in [0.29, 0.717) is 26.5 Å². The monoisotopic (exact) mass is 450 g/mol. The van der Waals surface area contributed by atoms with Crippen LogP contribution in [0.2, 0.25) is 0 Å². The van der Waals surface area contributed by atoms with E-state index in [4.69, 9.17) is 5.73 Å². The summed E-state index contributed by atoms with van der Waals surface area (Å²) in [5.41, 5.74) is 13.6. The number of nitrogens with two attached hydrogens (primary N) is 1. The van der Waals surface area contributed by atoms with Gasteiger partial charge in [-0.2, -0.15) is 5.10 Å². The lowest BCUT2D eigenvalue weighted by molar-refractivity contribution is 0.0960. The molecule has 0 fully saturated rings. The van der Waals surface area contributed by atoms with E-state index in [1.807, 2.05) is 66.7 Å². The first-order valence-electron chi connectivity index (χ1n) is 10.2. The molecular formula is C25H18N6OS. The topological polar surface area (TPSA) is 106 Å². The smallest absolute Gasteiger partial charge is 0.283 e. The SMILES string of the molecule is Nc1c(C(=O)NN=Cc2cccnc2)sc2nnc(-c3ccccc3)c(-c3ccccc3)c12. The summed E-state index contributed by atoms with van der Waals surface area (Å²) in [6.07, 6.45) is 4.84. The molecule has 0 aliphatic carbocycles. The number of fused-ring (bicyclic) bond motifs is 1. The molecule has 0 atom stereocenters. The molecule has 8 heteroatoms. The number of pyridine rings is 1. The number of carbonyl (C=O) groups is 1. The lowest BCUT2D eigenvalue weighted by Crippen LogP contribution is -2.17. The second-order valence-corrected chi connectivity index (χ2v) is 8.17. The minimum Gasteiger partial charge on any atom is -0.397 e. The Bertz CT molecular complexity index is 1450. The van der Waals surface area contributed by atoms with E-state index in [9.17, 15) is 4.79 Å². The van der Waals surface area contributed by atoms with Gasteiger partial charge >= 0.3 is 0 Å². The molecule has 0 radical (unpaired) electrons. The fourth-order valence-electron chi connectivity index (χ4n) is 3.53. The van der Waals surface area contributed by atoms with Crippen molar-refractivity contribution >= 4 is 39.4 Å². The van der Waals surface area contributed by atoms with Crippen molar-refractivity contribution < 1.29 is 4.79 Å². The van der Waals surface area contributed by atoms with Crippen LogP contribution in [-0.2, 0) is 0 Å². The third kappa shape index (κ3) is 4.07. The number of nitrogen functional groups attached to an aromatic ring is 1. The van der Waals surface area contributed by atoms with Crippen molar-refractivity contribution in [2.75, 3.05) is 5.73 Å². The molecule has 0 unspecified atom stereocenters. The van der Waals surface area contributed by atoms with Crippen LogP contribution in [0.5, 0.6) is 0 Å². The summed E-state index contributed by atoms with van der Waals surface area (Å²) in [6.45, 7) is 0. The van der Waals surface area contributed by atoms with Crippen LogP contribution in [0.15, 0.2) is 90.3 Å². The van der Waals surface area contributed by atoms with Gasteiger partial charge < -0.3 is 5.73 Å². The summed E-state index contributed by atoms with van der Waals surface area (Å²) in [5, 5.41) is 13.6. The van der Waals surface area contributed by atoms with Crippen LogP contribution in [0.1, 0.15) is 15.2 Å². The Labute approximate surface area is 193 Å². The summed E-state index contributed by atoms with van der Waals surface area (Å²) in [4.78, 5) is 17.8. The van der Waals surface area contributed by atoms with Gasteiger partial charge in [-0.3, -0.25) is 9.78 Å². The summed E-state index contributed by atoms with van der Waals surface area (Å²) < 4.78 is 0. The van der Waals surface area contributed by atoms with Crippen molar-refractivity contribution in [3.8, 4) is 22.4 Å². The molecule has 0 saturated carbocycles. The van der Waals surface area contributed by atoms with Crippen molar-refractivity contribution in [3.05, 3.63) is 95.6 Å². The molecule has 7 nitrogen and oxygen atoms in total. The predicted molar refractivity (Wildman–Crippen MR) is 132 cm³/mol. The fourth-order valence-corrected chi connectivity index (χ4v) is 4.47. The van der Waals surface area contributed by atoms with Crippen LogP contribution in [0, 0.1) is 0 Å². The Kier molecular flexibility index (Phi) is 5.57. The maximum absolute atomic E-state index is 12.9. The van der Waals surface area contributed by atoms with Gasteiger partial charge in [-0.15, -0.1) is 21.5 Å². The number of rotatable bonds is 5. The lowest BCUT2D eigenvalue weighted by Gasteiger charge is -2.11. The van der Waals surface area contributed by atoms with E-state index < -0.39 is 5.91 Å². The Morgan fingerprint density at radius 3 is 2.36 bits per heavy atom. The molecule has 0 spiro atoms. The van der Waals surface area contributed by atoms with Crippen LogP contribution in [0.4, 0.5) is 5.69 Å². The van der Waals surface area contributed by atoms with Gasteiger partial charge in [-0.25, -0.2) is 5.43 Å². The highest BCUT2D eigenvalue weighted by Gasteiger charge is 2.23. The molecule has 3 aromatic heterocycles. The number of anilines is 1. The largest absolute Gasteiger partial charge is 0.397 e. The molecule has 5 rings (SSSR count). The van der Waals surface area contributed by atoms with Crippen molar-refractivity contribution in [2.24, 2.45) is 5.10 Å². The Morgan fingerprint density at radius 1 is 0.939 bits per heavy atom. The van der Waals surface area contributed by atoms with Gasteiger partial charge in [0.1, 0.15) is 15.4 Å². The van der Waals surface area contributed by atoms with Gasteiger partial charge in [0.2, 0.25) is 0 Å². The zero-order valence-corrected chi connectivity index (χ0v) is 18.2. The number of benzene rings is 2. The molecule has 1 amide bonds. The first kappa shape index (κ1) is 20.5. The summed E-state index contributed by atoms with van der Waals surface area (Å²) in [6, 6.07) is 23.3. The van der Waals surface area contributed by atoms with Gasteiger partial charge in [-0.1, -0.05) is 66.7 Å². The van der Waals surface area contributed by atoms with Gasteiger partial charge in [0.05, 0.1) is 11.9 Å². The number of aromatic nitrogens is 3. The normalized spacial score (nSPS) is 11.2. The van der Waals surface area contributed by atoms with Crippen LogP contribution in [0.25, 0.3) is 32.6 Å². The average Bonchev–Trinajstić information content (AvgIpc) is 3.21. The Hall–Kier alpha value is -4.43. The molecule has 3 heterocycles. The Balaban J connectivity index is 1.60. The van der Waals surface area contributed by atoms with Gasteiger partial charge in [-0.05, 0) is 11.6 Å². The molecule has 160 valence electrons. The second-order valence-electron chi connectivity index (χ2n) is 7.17. The number of hydrogen-bond acceptors (Lipinski definition) is 7. The number of amides is 1. The van der Waals surface area contributed by atoms with E-state index in [0.717, 1.165) is 22.3 Å². The highest BCUT2D eigenvalue weighted by atomic mass is 32.1. The molecule has 0 aliphatic heterocycles. The van der Waals surface area contributed by atoms with Crippen molar-refractivity contribution in [2.45, 2.75) is 0 Å². The number of nitrogens with zero attached hydrogens (tertiary/aromatic N) is 4. The third-order valence-electron chi connectivity index (χ3n) is 5.03. The predicted octanol–water partition coefficient (Wildman–Crippen LogP) is 4.77. The third-order valence-corrected chi connectivity index (χ3v) is 6.12. The average molecular weight is 451 g/mol. The van der Waals surface area contributed by atoms with Crippen LogP contribution in [-0.4, -0.2) is 27.3 Å². The summed E-state index contributed by atoms with van der Waals surface area (Å²) in [7, 11) is 0. The molecule has 0 saturated heterocycles. The standard InChI is InChI=1S/C25H18N6OS/c26-21-20-19(17-9-3-1-4-10-17)22(18-11-5-2-6-12-18)29-31-25(20)33-23(21)24(32)30-28-15-16-8-7-13-27-14-16/h1-15H,26H2,(H,30,32). The van der Waals surface area contributed by atoms with E-state index >= 15 is 0 Å². The molecule has 2 aromatic carbocycles. The number of carbonyl (C=O) groups excluding carboxylic acids is 1. The minimum atomic E-state index is -0.407. The van der Waals surface area contributed by atoms with E-state index in [2.05, 4.69) is 25.7 Å². The number of nitrogens with one attached hydrogen (secondary N) is 1. The number of thiophene rings is 1. The van der Waals surface area contributed by atoms with Gasteiger partial charge in [0.15, 0.2) is 0 Å². The molecule has 33 heavy (non-hydrogen) atoms.